The third-order valence-corrected chi connectivity index (χ3v) is 3.44. The molecule has 3 nitrogen and oxygen atoms in total. The van der Waals surface area contributed by atoms with Crippen molar-refractivity contribution in [1.29, 1.82) is 0 Å². The molecule has 1 N–H and O–H groups in total. The van der Waals surface area contributed by atoms with Crippen LogP contribution in [-0.4, -0.2) is 14.5 Å². The van der Waals surface area contributed by atoms with E-state index in [0.29, 0.717) is 0 Å². The first-order valence-corrected chi connectivity index (χ1v) is 6.83. The van der Waals surface area contributed by atoms with Gasteiger partial charge < -0.3 is 0 Å². The maximum atomic E-state index is 11.6. The maximum Gasteiger partial charge on any atom is 0.233 e. The number of hydrogen-bond acceptors (Lipinski definition) is 2. The molecule has 0 amide bonds. The van der Waals surface area contributed by atoms with Crippen LogP contribution in [0.3, 0.4) is 0 Å². The quantitative estimate of drug-likeness (QED) is 0.857. The van der Waals surface area contributed by atoms with E-state index in [-0.39, 0.29) is 6.04 Å². The van der Waals surface area contributed by atoms with E-state index >= 15 is 0 Å². The van der Waals surface area contributed by atoms with Gasteiger partial charge in [-0.2, -0.15) is 0 Å². The molecule has 1 rings (SSSR count). The summed E-state index contributed by atoms with van der Waals surface area (Å²) in [7, 11) is -3.32. The van der Waals surface area contributed by atoms with Crippen molar-refractivity contribution in [1.82, 2.24) is 4.72 Å². The minimum Gasteiger partial charge on any atom is -0.209 e. The third kappa shape index (κ3) is 4.59. The van der Waals surface area contributed by atoms with Crippen LogP contribution in [0, 0.1) is 0 Å². The normalized spacial score (nSPS) is 14.1. The molecule has 0 aliphatic carbocycles. The van der Waals surface area contributed by atoms with Crippen molar-refractivity contribution < 1.29 is 8.42 Å². The van der Waals surface area contributed by atoms with Gasteiger partial charge in [-0.25, -0.2) is 13.1 Å². The molecule has 0 aliphatic rings. The monoisotopic (exact) mass is 239 g/mol. The average Bonchev–Trinajstić information content (AvgIpc) is 2.27. The van der Waals surface area contributed by atoms with Crippen LogP contribution in [0.4, 0.5) is 0 Å². The Bertz CT molecular complexity index is 437. The standard InChI is InChI=1S/C12H17NO2S/c1-3-11(2)13-16(14,15)10-9-12-7-5-4-6-8-12/h4-11,13H,3H2,1-2H3/b10-9-/t11-/m1/s1. The molecule has 0 fully saturated rings. The summed E-state index contributed by atoms with van der Waals surface area (Å²) in [5.41, 5.74) is 0.872. The van der Waals surface area contributed by atoms with E-state index in [1.54, 1.807) is 6.08 Å². The summed E-state index contributed by atoms with van der Waals surface area (Å²) < 4.78 is 25.7. The van der Waals surface area contributed by atoms with Crippen LogP contribution in [0.25, 0.3) is 6.08 Å². The van der Waals surface area contributed by atoms with E-state index in [1.807, 2.05) is 44.2 Å². The van der Waals surface area contributed by atoms with E-state index in [1.165, 1.54) is 5.41 Å². The number of sulfonamides is 1. The molecule has 16 heavy (non-hydrogen) atoms. The predicted molar refractivity (Wildman–Crippen MR) is 67.3 cm³/mol. The molecule has 1 aromatic rings. The molecule has 0 aliphatic heterocycles. The van der Waals surface area contributed by atoms with Crippen LogP contribution in [0.2, 0.25) is 0 Å². The molecule has 0 spiro atoms. The summed E-state index contributed by atoms with van der Waals surface area (Å²) in [5, 5.41) is 1.20. The lowest BCUT2D eigenvalue weighted by Crippen LogP contribution is -2.30. The largest absolute Gasteiger partial charge is 0.233 e. The van der Waals surface area contributed by atoms with Gasteiger partial charge >= 0.3 is 0 Å². The highest BCUT2D eigenvalue weighted by molar-refractivity contribution is 7.92. The molecule has 0 saturated carbocycles. The van der Waals surface area contributed by atoms with Gasteiger partial charge in [0.15, 0.2) is 0 Å². The van der Waals surface area contributed by atoms with Crippen LogP contribution in [0.5, 0.6) is 0 Å². The summed E-state index contributed by atoms with van der Waals surface area (Å²) in [6.45, 7) is 3.78. The minimum atomic E-state index is -3.32. The second-order valence-electron chi connectivity index (χ2n) is 3.69. The van der Waals surface area contributed by atoms with Crippen LogP contribution in [0.15, 0.2) is 35.7 Å². The highest BCUT2D eigenvalue weighted by Crippen LogP contribution is 2.03. The van der Waals surface area contributed by atoms with Gasteiger partial charge in [-0.1, -0.05) is 37.3 Å². The Kier molecular flexibility index (Phi) is 4.71. The van der Waals surface area contributed by atoms with Crippen molar-refractivity contribution in [3.63, 3.8) is 0 Å². The smallest absolute Gasteiger partial charge is 0.209 e. The number of nitrogens with one attached hydrogen (secondary N) is 1. The van der Waals surface area contributed by atoms with Crippen LogP contribution < -0.4 is 4.72 Å². The molecule has 1 atom stereocenters. The Balaban J connectivity index is 2.70. The first-order chi connectivity index (χ1) is 7.53. The van der Waals surface area contributed by atoms with E-state index in [4.69, 9.17) is 0 Å². The van der Waals surface area contributed by atoms with E-state index in [2.05, 4.69) is 4.72 Å². The first-order valence-electron chi connectivity index (χ1n) is 5.29. The molecule has 0 saturated heterocycles. The molecular weight excluding hydrogens is 222 g/mol. The zero-order chi connectivity index (χ0) is 12.0. The molecule has 0 unspecified atom stereocenters. The summed E-state index contributed by atoms with van der Waals surface area (Å²) in [5.74, 6) is 0. The van der Waals surface area contributed by atoms with E-state index in [9.17, 15) is 8.42 Å². The highest BCUT2D eigenvalue weighted by atomic mass is 32.2. The lowest BCUT2D eigenvalue weighted by atomic mass is 10.2. The Labute approximate surface area is 97.2 Å². The first kappa shape index (κ1) is 12.9. The zero-order valence-corrected chi connectivity index (χ0v) is 10.4. The number of hydrogen-bond donors (Lipinski definition) is 1. The lowest BCUT2D eigenvalue weighted by Gasteiger charge is -2.08. The van der Waals surface area contributed by atoms with Crippen LogP contribution in [0.1, 0.15) is 25.8 Å². The fraction of sp³-hybridized carbons (Fsp3) is 0.333. The van der Waals surface area contributed by atoms with Gasteiger partial charge in [0.25, 0.3) is 0 Å². The van der Waals surface area contributed by atoms with Crippen molar-refractivity contribution in [2.45, 2.75) is 26.3 Å². The Hall–Kier alpha value is -1.13. The summed E-state index contributed by atoms with van der Waals surface area (Å²) in [6.07, 6.45) is 2.36. The summed E-state index contributed by atoms with van der Waals surface area (Å²) in [4.78, 5) is 0. The van der Waals surface area contributed by atoms with Crippen LogP contribution >= 0.6 is 0 Å². The predicted octanol–water partition coefficient (Wildman–Crippen LogP) is 2.38. The zero-order valence-electron chi connectivity index (χ0n) is 9.55. The second-order valence-corrected chi connectivity index (χ2v) is 5.28. The Morgan fingerprint density at radius 1 is 1.31 bits per heavy atom. The van der Waals surface area contributed by atoms with Gasteiger partial charge in [0.2, 0.25) is 10.0 Å². The molecule has 0 heterocycles. The van der Waals surface area contributed by atoms with Crippen LogP contribution in [-0.2, 0) is 10.0 Å². The van der Waals surface area contributed by atoms with Crippen molar-refractivity contribution >= 4 is 16.1 Å². The summed E-state index contributed by atoms with van der Waals surface area (Å²) in [6, 6.07) is 9.31. The SMILES string of the molecule is CC[C@@H](C)NS(=O)(=O)/C=C\c1ccccc1. The molecule has 88 valence electrons. The average molecular weight is 239 g/mol. The van der Waals surface area contributed by atoms with Gasteiger partial charge in [0, 0.05) is 11.4 Å². The van der Waals surface area contributed by atoms with Gasteiger partial charge in [-0.3, -0.25) is 0 Å². The fourth-order valence-electron chi connectivity index (χ4n) is 1.14. The molecule has 0 radical (unpaired) electrons. The lowest BCUT2D eigenvalue weighted by molar-refractivity contribution is 0.564. The second kappa shape index (κ2) is 5.82. The van der Waals surface area contributed by atoms with Crippen molar-refractivity contribution in [2.24, 2.45) is 0 Å². The molecular formula is C12H17NO2S. The number of benzene rings is 1. The van der Waals surface area contributed by atoms with Gasteiger partial charge in [0.1, 0.15) is 0 Å². The summed E-state index contributed by atoms with van der Waals surface area (Å²) >= 11 is 0. The van der Waals surface area contributed by atoms with Gasteiger partial charge in [0.05, 0.1) is 0 Å². The van der Waals surface area contributed by atoms with Gasteiger partial charge in [-0.15, -0.1) is 0 Å². The van der Waals surface area contributed by atoms with E-state index in [0.717, 1.165) is 12.0 Å². The maximum absolute atomic E-state index is 11.6. The Morgan fingerprint density at radius 2 is 1.94 bits per heavy atom. The van der Waals surface area contributed by atoms with Crippen molar-refractivity contribution in [2.75, 3.05) is 0 Å². The topological polar surface area (TPSA) is 46.2 Å². The Morgan fingerprint density at radius 3 is 2.50 bits per heavy atom. The highest BCUT2D eigenvalue weighted by Gasteiger charge is 2.08. The molecule has 1 aromatic carbocycles. The van der Waals surface area contributed by atoms with E-state index < -0.39 is 10.0 Å². The minimum absolute atomic E-state index is 0.0366. The fourth-order valence-corrected chi connectivity index (χ4v) is 2.28. The van der Waals surface area contributed by atoms with Gasteiger partial charge in [-0.05, 0) is 25.0 Å². The third-order valence-electron chi connectivity index (χ3n) is 2.22. The number of rotatable bonds is 5. The molecule has 4 heteroatoms. The molecule has 0 bridgehead atoms. The van der Waals surface area contributed by atoms with Crippen molar-refractivity contribution in [3.8, 4) is 0 Å². The molecule has 0 aromatic heterocycles. The van der Waals surface area contributed by atoms with Crippen molar-refractivity contribution in [3.05, 3.63) is 41.3 Å².